The molecule has 3 nitrogen and oxygen atoms in total. The summed E-state index contributed by atoms with van der Waals surface area (Å²) < 4.78 is 0. The van der Waals surface area contributed by atoms with Gasteiger partial charge in [-0.15, -0.1) is 0 Å². The first-order chi connectivity index (χ1) is 5.23. The van der Waals surface area contributed by atoms with Gasteiger partial charge in [-0.2, -0.15) is 0 Å². The molecule has 0 spiro atoms. The van der Waals surface area contributed by atoms with E-state index in [1.807, 2.05) is 0 Å². The fourth-order valence-corrected chi connectivity index (χ4v) is 1.80. The number of rotatable bonds is 3. The van der Waals surface area contributed by atoms with Crippen LogP contribution in [-0.2, 0) is 0 Å². The molecule has 62 valence electrons. The zero-order valence-corrected chi connectivity index (χ0v) is 6.71. The average molecular weight is 153 g/mol. The summed E-state index contributed by atoms with van der Waals surface area (Å²) in [6.07, 6.45) is 5.49. The first-order valence-corrected chi connectivity index (χ1v) is 4.28. The molecular formula is C8H15N3. The summed E-state index contributed by atoms with van der Waals surface area (Å²) in [5.74, 6) is 1.20. The highest BCUT2D eigenvalue weighted by atomic mass is 15.0. The molecule has 0 bridgehead atoms. The van der Waals surface area contributed by atoms with Crippen molar-refractivity contribution in [2.45, 2.75) is 25.7 Å². The van der Waals surface area contributed by atoms with E-state index in [2.05, 4.69) is 4.99 Å². The third-order valence-corrected chi connectivity index (χ3v) is 2.91. The first kappa shape index (κ1) is 6.95. The molecule has 2 fully saturated rings. The zero-order chi connectivity index (χ0) is 7.90. The van der Waals surface area contributed by atoms with E-state index < -0.39 is 0 Å². The van der Waals surface area contributed by atoms with Crippen LogP contribution >= 0.6 is 0 Å². The van der Waals surface area contributed by atoms with Crippen LogP contribution in [0, 0.1) is 11.3 Å². The third kappa shape index (κ3) is 1.32. The summed E-state index contributed by atoms with van der Waals surface area (Å²) >= 11 is 0. The molecule has 0 unspecified atom stereocenters. The SMILES string of the molecule is NC(N)=NCC1(C2CC2)CC1. The van der Waals surface area contributed by atoms with Crippen LogP contribution < -0.4 is 11.5 Å². The second kappa shape index (κ2) is 2.13. The Hall–Kier alpha value is -0.730. The standard InChI is InChI=1S/C8H15N3/c9-7(10)11-5-8(3-4-8)6-1-2-6/h6H,1-5H2,(H4,9,10,11). The molecule has 2 aliphatic rings. The maximum atomic E-state index is 5.28. The average Bonchev–Trinajstić information content (AvgIpc) is 2.79. The van der Waals surface area contributed by atoms with E-state index >= 15 is 0 Å². The maximum absolute atomic E-state index is 5.28. The van der Waals surface area contributed by atoms with Gasteiger partial charge in [0.1, 0.15) is 0 Å². The minimum atomic E-state index is 0.247. The van der Waals surface area contributed by atoms with Gasteiger partial charge in [-0.25, -0.2) is 0 Å². The molecule has 4 N–H and O–H groups in total. The van der Waals surface area contributed by atoms with Gasteiger partial charge in [-0.3, -0.25) is 4.99 Å². The monoisotopic (exact) mass is 153 g/mol. The van der Waals surface area contributed by atoms with Crippen molar-refractivity contribution in [3.05, 3.63) is 0 Å². The largest absolute Gasteiger partial charge is 0.370 e. The number of guanidine groups is 1. The van der Waals surface area contributed by atoms with Gasteiger partial charge < -0.3 is 11.5 Å². The summed E-state index contributed by atoms with van der Waals surface area (Å²) in [6, 6.07) is 0. The van der Waals surface area contributed by atoms with E-state index in [-0.39, 0.29) is 5.96 Å². The summed E-state index contributed by atoms with van der Waals surface area (Å²) in [5.41, 5.74) is 11.1. The van der Waals surface area contributed by atoms with Crippen LogP contribution in [0.1, 0.15) is 25.7 Å². The van der Waals surface area contributed by atoms with Crippen LogP contribution in [0.3, 0.4) is 0 Å². The zero-order valence-electron chi connectivity index (χ0n) is 6.71. The highest BCUT2D eigenvalue weighted by Gasteiger charge is 2.53. The molecule has 0 aromatic heterocycles. The minimum absolute atomic E-state index is 0.247. The molecule has 3 heteroatoms. The molecule has 0 radical (unpaired) electrons. The molecule has 2 rings (SSSR count). The molecule has 11 heavy (non-hydrogen) atoms. The summed E-state index contributed by atoms with van der Waals surface area (Å²) in [5, 5.41) is 0. The second-order valence-electron chi connectivity index (χ2n) is 3.88. The van der Waals surface area contributed by atoms with Gasteiger partial charge in [0.2, 0.25) is 0 Å². The van der Waals surface area contributed by atoms with E-state index in [4.69, 9.17) is 11.5 Å². The number of nitrogens with zero attached hydrogens (tertiary/aromatic N) is 1. The van der Waals surface area contributed by atoms with Crippen molar-refractivity contribution in [3.8, 4) is 0 Å². The Labute approximate surface area is 66.9 Å². The smallest absolute Gasteiger partial charge is 0.185 e. The van der Waals surface area contributed by atoms with Crippen LogP contribution in [0.5, 0.6) is 0 Å². The van der Waals surface area contributed by atoms with Crippen LogP contribution in [0.2, 0.25) is 0 Å². The van der Waals surface area contributed by atoms with Gasteiger partial charge >= 0.3 is 0 Å². The van der Waals surface area contributed by atoms with Crippen LogP contribution in [0.4, 0.5) is 0 Å². The lowest BCUT2D eigenvalue weighted by atomic mass is 10.0. The van der Waals surface area contributed by atoms with E-state index in [0.717, 1.165) is 12.5 Å². The Morgan fingerprint density at radius 3 is 2.36 bits per heavy atom. The molecule has 0 aromatic rings. The quantitative estimate of drug-likeness (QED) is 0.456. The van der Waals surface area contributed by atoms with Crippen molar-refractivity contribution in [1.82, 2.24) is 0 Å². The van der Waals surface area contributed by atoms with E-state index in [1.54, 1.807) is 0 Å². The van der Waals surface area contributed by atoms with Crippen molar-refractivity contribution in [1.29, 1.82) is 0 Å². The van der Waals surface area contributed by atoms with E-state index in [1.165, 1.54) is 25.7 Å². The highest BCUT2D eigenvalue weighted by Crippen LogP contribution is 2.61. The predicted octanol–water partition coefficient (Wildman–Crippen LogP) is 0.450. The van der Waals surface area contributed by atoms with Gasteiger partial charge in [0.05, 0.1) is 0 Å². The van der Waals surface area contributed by atoms with E-state index in [0.29, 0.717) is 5.41 Å². The van der Waals surface area contributed by atoms with Crippen LogP contribution in [-0.4, -0.2) is 12.5 Å². The molecule has 0 heterocycles. The summed E-state index contributed by atoms with van der Waals surface area (Å²) in [7, 11) is 0. The van der Waals surface area contributed by atoms with E-state index in [9.17, 15) is 0 Å². The lowest BCUT2D eigenvalue weighted by Gasteiger charge is -2.09. The van der Waals surface area contributed by atoms with Gasteiger partial charge in [0, 0.05) is 6.54 Å². The number of hydrogen-bond donors (Lipinski definition) is 2. The van der Waals surface area contributed by atoms with Gasteiger partial charge in [0.15, 0.2) is 5.96 Å². The highest BCUT2D eigenvalue weighted by molar-refractivity contribution is 5.75. The second-order valence-corrected chi connectivity index (χ2v) is 3.88. The molecular weight excluding hydrogens is 138 g/mol. The molecule has 0 saturated heterocycles. The minimum Gasteiger partial charge on any atom is -0.370 e. The van der Waals surface area contributed by atoms with Gasteiger partial charge in [0.25, 0.3) is 0 Å². The number of aliphatic imine (C=N–C) groups is 1. The molecule has 2 saturated carbocycles. The predicted molar refractivity (Wildman–Crippen MR) is 45.1 cm³/mol. The Morgan fingerprint density at radius 1 is 1.36 bits per heavy atom. The maximum Gasteiger partial charge on any atom is 0.185 e. The Kier molecular flexibility index (Phi) is 1.34. The lowest BCUT2D eigenvalue weighted by molar-refractivity contribution is 0.454. The number of hydrogen-bond acceptors (Lipinski definition) is 1. The normalized spacial score (nSPS) is 26.2. The topological polar surface area (TPSA) is 64.4 Å². The first-order valence-electron chi connectivity index (χ1n) is 4.28. The van der Waals surface area contributed by atoms with Crippen molar-refractivity contribution in [2.75, 3.05) is 6.54 Å². The lowest BCUT2D eigenvalue weighted by Crippen LogP contribution is -2.24. The molecule has 0 aromatic carbocycles. The molecule has 0 aliphatic heterocycles. The van der Waals surface area contributed by atoms with Crippen molar-refractivity contribution < 1.29 is 0 Å². The fourth-order valence-electron chi connectivity index (χ4n) is 1.80. The Morgan fingerprint density at radius 2 is 2.00 bits per heavy atom. The number of nitrogens with two attached hydrogens (primary N) is 2. The fraction of sp³-hybridized carbons (Fsp3) is 0.875. The Balaban J connectivity index is 1.89. The van der Waals surface area contributed by atoms with Gasteiger partial charge in [-0.1, -0.05) is 0 Å². The van der Waals surface area contributed by atoms with Crippen molar-refractivity contribution >= 4 is 5.96 Å². The van der Waals surface area contributed by atoms with Crippen LogP contribution in [0.25, 0.3) is 0 Å². The third-order valence-electron chi connectivity index (χ3n) is 2.91. The molecule has 0 atom stereocenters. The van der Waals surface area contributed by atoms with Crippen molar-refractivity contribution in [3.63, 3.8) is 0 Å². The molecule has 0 amide bonds. The van der Waals surface area contributed by atoms with Crippen molar-refractivity contribution in [2.24, 2.45) is 27.8 Å². The summed E-state index contributed by atoms with van der Waals surface area (Å²) in [6.45, 7) is 0.875. The molecule has 2 aliphatic carbocycles. The van der Waals surface area contributed by atoms with Gasteiger partial charge in [-0.05, 0) is 37.0 Å². The summed E-state index contributed by atoms with van der Waals surface area (Å²) in [4.78, 5) is 4.09. The van der Waals surface area contributed by atoms with Crippen LogP contribution in [0.15, 0.2) is 4.99 Å². The Bertz CT molecular complexity index is 186.